The van der Waals surface area contributed by atoms with Gasteiger partial charge in [0, 0.05) is 12.6 Å². The molecule has 0 aliphatic rings. The van der Waals surface area contributed by atoms with Crippen molar-refractivity contribution in [2.24, 2.45) is 0 Å². The fraction of sp³-hybridized carbons (Fsp3) is 0.357. The summed E-state index contributed by atoms with van der Waals surface area (Å²) in [6.07, 6.45) is 0. The number of aryl methyl sites for hydroxylation is 1. The van der Waals surface area contributed by atoms with Crippen molar-refractivity contribution in [2.45, 2.75) is 33.4 Å². The van der Waals surface area contributed by atoms with Gasteiger partial charge in [0.1, 0.15) is 5.82 Å². The van der Waals surface area contributed by atoms with Gasteiger partial charge in [-0.15, -0.1) is 0 Å². The number of aromatic nitrogens is 2. The van der Waals surface area contributed by atoms with E-state index in [2.05, 4.69) is 9.36 Å². The molecule has 0 atom stereocenters. The molecule has 5 heteroatoms. The highest BCUT2D eigenvalue weighted by molar-refractivity contribution is 7.07. The molecule has 0 aliphatic heterocycles. The first-order valence-electron chi connectivity index (χ1n) is 6.23. The molecule has 100 valence electrons. The van der Waals surface area contributed by atoms with E-state index < -0.39 is 0 Å². The number of carbonyl (C=O) groups is 1. The second-order valence-electron chi connectivity index (χ2n) is 4.66. The van der Waals surface area contributed by atoms with Gasteiger partial charge in [-0.05, 0) is 37.9 Å². The smallest absolute Gasteiger partial charge is 0.284 e. The Morgan fingerprint density at radius 2 is 2.00 bits per heavy atom. The zero-order valence-corrected chi connectivity index (χ0v) is 12.1. The van der Waals surface area contributed by atoms with E-state index >= 15 is 0 Å². The van der Waals surface area contributed by atoms with Crippen molar-refractivity contribution in [3.63, 3.8) is 0 Å². The van der Waals surface area contributed by atoms with Gasteiger partial charge >= 0.3 is 0 Å². The molecule has 0 saturated carbocycles. The molecular weight excluding hydrogens is 258 g/mol. The first kappa shape index (κ1) is 13.7. The van der Waals surface area contributed by atoms with Crippen LogP contribution < -0.4 is 0 Å². The molecule has 1 aromatic carbocycles. The number of nitrogens with zero attached hydrogens (tertiary/aromatic N) is 3. The van der Waals surface area contributed by atoms with Gasteiger partial charge in [-0.25, -0.2) is 4.98 Å². The molecule has 1 aromatic heterocycles. The second kappa shape index (κ2) is 5.93. The Morgan fingerprint density at radius 3 is 2.53 bits per heavy atom. The van der Waals surface area contributed by atoms with E-state index in [0.717, 1.165) is 17.1 Å². The summed E-state index contributed by atoms with van der Waals surface area (Å²) in [5.74, 6) is 0.598. The lowest BCUT2D eigenvalue weighted by Gasteiger charge is -2.25. The molecule has 0 fully saturated rings. The molecular formula is C14H17N3OS. The summed E-state index contributed by atoms with van der Waals surface area (Å²) in [6, 6.07) is 10.1. The highest BCUT2D eigenvalue weighted by atomic mass is 32.1. The molecule has 0 saturated heterocycles. The van der Waals surface area contributed by atoms with Crippen molar-refractivity contribution in [2.75, 3.05) is 0 Å². The van der Waals surface area contributed by atoms with Gasteiger partial charge in [-0.1, -0.05) is 30.3 Å². The lowest BCUT2D eigenvalue weighted by Crippen LogP contribution is -2.36. The van der Waals surface area contributed by atoms with E-state index in [1.807, 2.05) is 49.1 Å². The molecule has 0 bridgehead atoms. The van der Waals surface area contributed by atoms with Crippen molar-refractivity contribution >= 4 is 17.4 Å². The predicted molar refractivity (Wildman–Crippen MR) is 76.1 cm³/mol. The molecule has 4 nitrogen and oxygen atoms in total. The second-order valence-corrected chi connectivity index (χ2v) is 5.41. The van der Waals surface area contributed by atoms with Crippen LogP contribution in [-0.4, -0.2) is 26.2 Å². The van der Waals surface area contributed by atoms with Crippen molar-refractivity contribution < 1.29 is 4.79 Å². The molecule has 0 N–H and O–H groups in total. The third-order valence-electron chi connectivity index (χ3n) is 2.79. The lowest BCUT2D eigenvalue weighted by molar-refractivity contribution is 0.0690. The van der Waals surface area contributed by atoms with Crippen LogP contribution in [0.2, 0.25) is 0 Å². The third-order valence-corrected chi connectivity index (χ3v) is 3.58. The number of hydrogen-bond acceptors (Lipinski definition) is 4. The minimum absolute atomic E-state index is 0.0514. The van der Waals surface area contributed by atoms with Crippen molar-refractivity contribution in [1.29, 1.82) is 0 Å². The van der Waals surface area contributed by atoms with Crippen LogP contribution in [0.1, 0.15) is 35.0 Å². The maximum Gasteiger partial charge on any atom is 0.284 e. The normalized spacial score (nSPS) is 10.7. The standard InChI is InChI=1S/C14H17N3OS/c1-10(2)17(9-12-7-5-4-6-8-12)14(18)13-15-11(3)16-19-13/h4-8,10H,9H2,1-3H3. The van der Waals surface area contributed by atoms with Crippen LogP contribution >= 0.6 is 11.5 Å². The van der Waals surface area contributed by atoms with E-state index in [4.69, 9.17) is 0 Å². The van der Waals surface area contributed by atoms with Crippen molar-refractivity contribution in [3.8, 4) is 0 Å². The first-order valence-corrected chi connectivity index (χ1v) is 7.00. The average Bonchev–Trinajstić information content (AvgIpc) is 2.83. The minimum atomic E-state index is -0.0514. The highest BCUT2D eigenvalue weighted by Crippen LogP contribution is 2.14. The highest BCUT2D eigenvalue weighted by Gasteiger charge is 2.22. The van der Waals surface area contributed by atoms with E-state index in [9.17, 15) is 4.79 Å². The summed E-state index contributed by atoms with van der Waals surface area (Å²) >= 11 is 1.16. The first-order chi connectivity index (χ1) is 9.08. The zero-order valence-electron chi connectivity index (χ0n) is 11.3. The van der Waals surface area contributed by atoms with Crippen LogP contribution in [-0.2, 0) is 6.54 Å². The molecule has 0 radical (unpaired) electrons. The molecule has 19 heavy (non-hydrogen) atoms. The maximum absolute atomic E-state index is 12.4. The summed E-state index contributed by atoms with van der Waals surface area (Å²) in [6.45, 7) is 6.41. The topological polar surface area (TPSA) is 46.1 Å². The Hall–Kier alpha value is -1.75. The SMILES string of the molecule is Cc1nsc(C(=O)N(Cc2ccccc2)C(C)C)n1. The Bertz CT molecular complexity index is 551. The zero-order chi connectivity index (χ0) is 13.8. The minimum Gasteiger partial charge on any atom is -0.330 e. The summed E-state index contributed by atoms with van der Waals surface area (Å²) in [4.78, 5) is 18.4. The van der Waals surface area contributed by atoms with Gasteiger partial charge in [0.15, 0.2) is 0 Å². The van der Waals surface area contributed by atoms with Gasteiger partial charge in [0.05, 0.1) is 0 Å². The van der Waals surface area contributed by atoms with Gasteiger partial charge in [-0.2, -0.15) is 4.37 Å². The van der Waals surface area contributed by atoms with Gasteiger partial charge in [0.25, 0.3) is 5.91 Å². The van der Waals surface area contributed by atoms with Crippen LogP contribution in [0.25, 0.3) is 0 Å². The van der Waals surface area contributed by atoms with Crippen molar-refractivity contribution in [3.05, 3.63) is 46.7 Å². The molecule has 0 unspecified atom stereocenters. The number of hydrogen-bond donors (Lipinski definition) is 0. The Morgan fingerprint density at radius 1 is 1.32 bits per heavy atom. The number of carbonyl (C=O) groups excluding carboxylic acids is 1. The Labute approximate surface area is 117 Å². The molecule has 0 aliphatic carbocycles. The lowest BCUT2D eigenvalue weighted by atomic mass is 10.2. The van der Waals surface area contributed by atoms with Crippen LogP contribution in [0.15, 0.2) is 30.3 Å². The van der Waals surface area contributed by atoms with Crippen LogP contribution in [0.3, 0.4) is 0 Å². The molecule has 1 amide bonds. The van der Waals surface area contributed by atoms with Crippen LogP contribution in [0, 0.1) is 6.92 Å². The summed E-state index contributed by atoms with van der Waals surface area (Å²) in [5, 5.41) is 0.460. The molecule has 2 rings (SSSR count). The number of amides is 1. The van der Waals surface area contributed by atoms with E-state index in [1.165, 1.54) is 0 Å². The fourth-order valence-corrected chi connectivity index (χ4v) is 2.40. The van der Waals surface area contributed by atoms with Crippen LogP contribution in [0.4, 0.5) is 0 Å². The Balaban J connectivity index is 2.19. The summed E-state index contributed by atoms with van der Waals surface area (Å²) < 4.78 is 4.07. The van der Waals surface area contributed by atoms with E-state index in [-0.39, 0.29) is 11.9 Å². The molecule has 0 spiro atoms. The predicted octanol–water partition coefficient (Wildman–Crippen LogP) is 2.90. The van der Waals surface area contributed by atoms with Gasteiger partial charge in [-0.3, -0.25) is 4.79 Å². The maximum atomic E-state index is 12.4. The third kappa shape index (κ3) is 3.38. The molecule has 1 heterocycles. The quantitative estimate of drug-likeness (QED) is 0.862. The number of rotatable bonds is 4. The largest absolute Gasteiger partial charge is 0.330 e. The van der Waals surface area contributed by atoms with E-state index in [1.54, 1.807) is 6.92 Å². The fourth-order valence-electron chi connectivity index (χ4n) is 1.78. The van der Waals surface area contributed by atoms with Crippen molar-refractivity contribution in [1.82, 2.24) is 14.3 Å². The van der Waals surface area contributed by atoms with Crippen LogP contribution in [0.5, 0.6) is 0 Å². The monoisotopic (exact) mass is 275 g/mol. The van der Waals surface area contributed by atoms with Gasteiger partial charge < -0.3 is 4.90 Å². The Kier molecular flexibility index (Phi) is 4.27. The summed E-state index contributed by atoms with van der Waals surface area (Å²) in [5.41, 5.74) is 1.12. The van der Waals surface area contributed by atoms with E-state index in [0.29, 0.717) is 17.4 Å². The summed E-state index contributed by atoms with van der Waals surface area (Å²) in [7, 11) is 0. The average molecular weight is 275 g/mol. The molecule has 2 aromatic rings. The van der Waals surface area contributed by atoms with Gasteiger partial charge in [0.2, 0.25) is 5.01 Å². The number of benzene rings is 1.